The van der Waals surface area contributed by atoms with E-state index in [4.69, 9.17) is 5.26 Å². The number of rotatable bonds is 1. The van der Waals surface area contributed by atoms with Crippen LogP contribution in [0, 0.1) is 17.1 Å². The van der Waals surface area contributed by atoms with E-state index in [0.29, 0.717) is 22.1 Å². The summed E-state index contributed by atoms with van der Waals surface area (Å²) in [4.78, 5) is 0. The summed E-state index contributed by atoms with van der Waals surface area (Å²) in [5.74, 6) is -0.277. The Morgan fingerprint density at radius 1 is 0.789 bits per heavy atom. The third-order valence-corrected chi connectivity index (χ3v) is 3.20. The van der Waals surface area contributed by atoms with Crippen molar-refractivity contribution in [2.75, 3.05) is 0 Å². The van der Waals surface area contributed by atoms with Gasteiger partial charge in [-0.25, -0.2) is 4.39 Å². The van der Waals surface area contributed by atoms with Gasteiger partial charge in [-0.05, 0) is 11.5 Å². The van der Waals surface area contributed by atoms with Crippen LogP contribution in [0.2, 0.25) is 0 Å². The van der Waals surface area contributed by atoms with Crippen molar-refractivity contribution in [3.8, 4) is 17.2 Å². The second-order valence-electron chi connectivity index (χ2n) is 4.31. The smallest absolute Gasteiger partial charge is 0.138 e. The molecule has 0 heterocycles. The maximum absolute atomic E-state index is 14.6. The van der Waals surface area contributed by atoms with Crippen molar-refractivity contribution in [2.24, 2.45) is 0 Å². The van der Waals surface area contributed by atoms with E-state index in [-0.39, 0.29) is 5.82 Å². The van der Waals surface area contributed by atoms with Gasteiger partial charge in [0.15, 0.2) is 0 Å². The molecule has 0 N–H and O–H groups in total. The van der Waals surface area contributed by atoms with Crippen LogP contribution in [0.25, 0.3) is 21.9 Å². The van der Waals surface area contributed by atoms with Crippen molar-refractivity contribution < 1.29 is 4.39 Å². The Bertz CT molecular complexity index is 800. The molecule has 90 valence electrons. The lowest BCUT2D eigenvalue weighted by atomic mass is 9.97. The van der Waals surface area contributed by atoms with Gasteiger partial charge in [0, 0.05) is 16.5 Å². The van der Waals surface area contributed by atoms with Crippen LogP contribution in [0.4, 0.5) is 4.39 Å². The van der Waals surface area contributed by atoms with Crippen LogP contribution in [0.1, 0.15) is 5.56 Å². The Morgan fingerprint density at radius 2 is 1.53 bits per heavy atom. The first kappa shape index (κ1) is 11.4. The predicted octanol–water partition coefficient (Wildman–Crippen LogP) is 4.52. The van der Waals surface area contributed by atoms with Crippen molar-refractivity contribution in [1.82, 2.24) is 0 Å². The topological polar surface area (TPSA) is 23.8 Å². The maximum Gasteiger partial charge on any atom is 0.138 e. The Labute approximate surface area is 110 Å². The molecule has 0 amide bonds. The second-order valence-corrected chi connectivity index (χ2v) is 4.31. The molecule has 0 aliphatic carbocycles. The van der Waals surface area contributed by atoms with Crippen LogP contribution in [0.15, 0.2) is 60.7 Å². The highest BCUT2D eigenvalue weighted by molar-refractivity contribution is 5.89. The first-order chi connectivity index (χ1) is 9.31. The molecule has 0 saturated heterocycles. The minimum atomic E-state index is -0.277. The van der Waals surface area contributed by atoms with Crippen LogP contribution in [-0.4, -0.2) is 0 Å². The zero-order valence-electron chi connectivity index (χ0n) is 10.1. The highest BCUT2D eigenvalue weighted by Crippen LogP contribution is 2.30. The molecule has 19 heavy (non-hydrogen) atoms. The molecule has 0 fully saturated rings. The van der Waals surface area contributed by atoms with Crippen molar-refractivity contribution in [3.63, 3.8) is 0 Å². The van der Waals surface area contributed by atoms with Crippen molar-refractivity contribution >= 4 is 10.8 Å². The SMILES string of the molecule is N#Cc1ccccc1-c1ccc2ccccc2c1F. The molecule has 0 bridgehead atoms. The van der Waals surface area contributed by atoms with Crippen LogP contribution in [0.3, 0.4) is 0 Å². The Morgan fingerprint density at radius 3 is 2.37 bits per heavy atom. The highest BCUT2D eigenvalue weighted by Gasteiger charge is 2.11. The fraction of sp³-hybridized carbons (Fsp3) is 0. The maximum atomic E-state index is 14.6. The van der Waals surface area contributed by atoms with Gasteiger partial charge < -0.3 is 0 Å². The highest BCUT2D eigenvalue weighted by atomic mass is 19.1. The fourth-order valence-corrected chi connectivity index (χ4v) is 2.26. The third-order valence-electron chi connectivity index (χ3n) is 3.20. The molecule has 1 nitrogen and oxygen atoms in total. The molecule has 0 aliphatic rings. The molecule has 0 spiro atoms. The summed E-state index contributed by atoms with van der Waals surface area (Å²) >= 11 is 0. The number of halogens is 1. The van der Waals surface area contributed by atoms with Crippen molar-refractivity contribution in [2.45, 2.75) is 0 Å². The van der Waals surface area contributed by atoms with E-state index in [2.05, 4.69) is 6.07 Å². The molecule has 3 aromatic carbocycles. The number of hydrogen-bond donors (Lipinski definition) is 0. The molecular formula is C17H10FN. The summed E-state index contributed by atoms with van der Waals surface area (Å²) in [6.07, 6.45) is 0. The Kier molecular flexibility index (Phi) is 2.74. The molecule has 3 rings (SSSR count). The van der Waals surface area contributed by atoms with Gasteiger partial charge in [0.05, 0.1) is 11.6 Å². The standard InChI is InChI=1S/C17H10FN/c18-17-15-8-4-1-5-12(15)9-10-16(17)14-7-3-2-6-13(14)11-19/h1-10H. The summed E-state index contributed by atoms with van der Waals surface area (Å²) in [6.45, 7) is 0. The van der Waals surface area contributed by atoms with Gasteiger partial charge >= 0.3 is 0 Å². The number of nitrogens with zero attached hydrogens (tertiary/aromatic N) is 1. The van der Waals surface area contributed by atoms with Crippen molar-refractivity contribution in [3.05, 3.63) is 72.0 Å². The summed E-state index contributed by atoms with van der Waals surface area (Å²) in [6, 6.07) is 20.1. The molecule has 2 heteroatoms. The summed E-state index contributed by atoms with van der Waals surface area (Å²) < 4.78 is 14.6. The van der Waals surface area contributed by atoms with Crippen LogP contribution in [-0.2, 0) is 0 Å². The number of nitriles is 1. The normalized spacial score (nSPS) is 10.3. The number of benzene rings is 3. The third kappa shape index (κ3) is 1.86. The summed E-state index contributed by atoms with van der Waals surface area (Å²) in [5, 5.41) is 10.5. The van der Waals surface area contributed by atoms with Crippen LogP contribution < -0.4 is 0 Å². The van der Waals surface area contributed by atoms with Gasteiger partial charge in [0.2, 0.25) is 0 Å². The fourth-order valence-electron chi connectivity index (χ4n) is 2.26. The minimum Gasteiger partial charge on any atom is -0.206 e. The monoisotopic (exact) mass is 247 g/mol. The molecule has 3 aromatic rings. The minimum absolute atomic E-state index is 0.277. The van der Waals surface area contributed by atoms with Gasteiger partial charge in [-0.1, -0.05) is 54.6 Å². The zero-order valence-corrected chi connectivity index (χ0v) is 10.1. The first-order valence-corrected chi connectivity index (χ1v) is 5.98. The van der Waals surface area contributed by atoms with E-state index < -0.39 is 0 Å². The quantitative estimate of drug-likeness (QED) is 0.620. The van der Waals surface area contributed by atoms with Gasteiger partial charge in [-0.15, -0.1) is 0 Å². The first-order valence-electron chi connectivity index (χ1n) is 5.98. The lowest BCUT2D eigenvalue weighted by Crippen LogP contribution is -1.89. The molecule has 0 atom stereocenters. The van der Waals surface area contributed by atoms with Gasteiger partial charge in [0.1, 0.15) is 5.82 Å². The average molecular weight is 247 g/mol. The van der Waals surface area contributed by atoms with E-state index >= 15 is 0 Å². The van der Waals surface area contributed by atoms with Crippen LogP contribution in [0.5, 0.6) is 0 Å². The largest absolute Gasteiger partial charge is 0.206 e. The van der Waals surface area contributed by atoms with Gasteiger partial charge in [0.25, 0.3) is 0 Å². The Balaban J connectivity index is 2.32. The molecule has 0 saturated carbocycles. The van der Waals surface area contributed by atoms with Gasteiger partial charge in [-0.3, -0.25) is 0 Å². The number of fused-ring (bicyclic) bond motifs is 1. The predicted molar refractivity (Wildman–Crippen MR) is 74.1 cm³/mol. The molecule has 0 radical (unpaired) electrons. The van der Waals surface area contributed by atoms with Gasteiger partial charge in [-0.2, -0.15) is 5.26 Å². The molecule has 0 aliphatic heterocycles. The van der Waals surface area contributed by atoms with Crippen LogP contribution >= 0.6 is 0 Å². The zero-order chi connectivity index (χ0) is 13.2. The molecule has 0 unspecified atom stereocenters. The lowest BCUT2D eigenvalue weighted by molar-refractivity contribution is 0.643. The molecular weight excluding hydrogens is 237 g/mol. The van der Waals surface area contributed by atoms with E-state index in [9.17, 15) is 4.39 Å². The number of hydrogen-bond acceptors (Lipinski definition) is 1. The van der Waals surface area contributed by atoms with Crippen molar-refractivity contribution in [1.29, 1.82) is 5.26 Å². The summed E-state index contributed by atoms with van der Waals surface area (Å²) in [7, 11) is 0. The van der Waals surface area contributed by atoms with E-state index in [1.165, 1.54) is 0 Å². The van der Waals surface area contributed by atoms with E-state index in [1.807, 2.05) is 30.3 Å². The second kappa shape index (κ2) is 4.55. The Hall–Kier alpha value is -2.66. The average Bonchev–Trinajstić information content (AvgIpc) is 2.48. The van der Waals surface area contributed by atoms with E-state index in [0.717, 1.165) is 5.39 Å². The lowest BCUT2D eigenvalue weighted by Gasteiger charge is -2.08. The summed E-state index contributed by atoms with van der Waals surface area (Å²) in [5.41, 5.74) is 1.58. The van der Waals surface area contributed by atoms with E-state index in [1.54, 1.807) is 30.3 Å². The molecule has 0 aromatic heterocycles.